The number of aromatic nitrogens is 4. The van der Waals surface area contributed by atoms with Gasteiger partial charge < -0.3 is 9.72 Å². The molecule has 7 heteroatoms. The molecule has 28 heavy (non-hydrogen) atoms. The summed E-state index contributed by atoms with van der Waals surface area (Å²) < 4.78 is 6.61. The number of hydrogen-bond acceptors (Lipinski definition) is 5. The van der Waals surface area contributed by atoms with Gasteiger partial charge in [-0.2, -0.15) is 9.78 Å². The van der Waals surface area contributed by atoms with Gasteiger partial charge in [-0.15, -0.1) is 0 Å². The first kappa shape index (κ1) is 17.9. The van der Waals surface area contributed by atoms with E-state index < -0.39 is 11.7 Å². The summed E-state index contributed by atoms with van der Waals surface area (Å²) in [6.45, 7) is 7.34. The summed E-state index contributed by atoms with van der Waals surface area (Å²) in [7, 11) is 0. The topological polar surface area (TPSA) is 89.9 Å². The van der Waals surface area contributed by atoms with Crippen LogP contribution in [0.4, 0.5) is 4.79 Å². The molecule has 0 saturated heterocycles. The lowest BCUT2D eigenvalue weighted by Crippen LogP contribution is -2.27. The summed E-state index contributed by atoms with van der Waals surface area (Å²) in [6.07, 6.45) is 1.05. The van der Waals surface area contributed by atoms with Gasteiger partial charge in [-0.25, -0.2) is 9.78 Å². The fourth-order valence-electron chi connectivity index (χ4n) is 3.07. The minimum Gasteiger partial charge on any atom is -0.442 e. The number of carbonyl (C=O) groups is 1. The molecule has 4 aromatic rings. The van der Waals surface area contributed by atoms with Crippen LogP contribution >= 0.6 is 0 Å². The number of fused-ring (bicyclic) bond motifs is 2. The van der Waals surface area contributed by atoms with Crippen LogP contribution in [0.2, 0.25) is 0 Å². The van der Waals surface area contributed by atoms with Gasteiger partial charge in [0.15, 0.2) is 0 Å². The predicted octanol–water partition coefficient (Wildman–Crippen LogP) is 4.03. The van der Waals surface area contributed by atoms with E-state index in [2.05, 4.69) is 15.1 Å². The average Bonchev–Trinajstić information content (AvgIpc) is 3.04. The Bertz CT molecular complexity index is 1280. The van der Waals surface area contributed by atoms with Crippen LogP contribution in [-0.2, 0) is 4.74 Å². The van der Waals surface area contributed by atoms with E-state index >= 15 is 0 Å². The highest BCUT2D eigenvalue weighted by atomic mass is 16.6. The first-order valence-electron chi connectivity index (χ1n) is 8.94. The average molecular weight is 376 g/mol. The summed E-state index contributed by atoms with van der Waals surface area (Å²) in [5.74, 6) is 0.471. The first-order chi connectivity index (χ1) is 13.2. The van der Waals surface area contributed by atoms with E-state index in [4.69, 9.17) is 4.74 Å². The lowest BCUT2D eigenvalue weighted by Gasteiger charge is -2.19. The third kappa shape index (κ3) is 3.15. The van der Waals surface area contributed by atoms with E-state index in [1.54, 1.807) is 45.2 Å². The van der Waals surface area contributed by atoms with Gasteiger partial charge in [-0.05, 0) is 57.5 Å². The van der Waals surface area contributed by atoms with E-state index in [9.17, 15) is 9.59 Å². The van der Waals surface area contributed by atoms with Gasteiger partial charge in [0.2, 0.25) is 0 Å². The van der Waals surface area contributed by atoms with Crippen molar-refractivity contribution < 1.29 is 9.53 Å². The van der Waals surface area contributed by atoms with E-state index in [0.29, 0.717) is 22.2 Å². The molecule has 142 valence electrons. The Morgan fingerprint density at radius 2 is 1.96 bits per heavy atom. The molecule has 0 aliphatic rings. The van der Waals surface area contributed by atoms with Crippen molar-refractivity contribution in [1.82, 2.24) is 19.7 Å². The minimum atomic E-state index is -0.609. The fraction of sp³-hybridized carbons (Fsp3) is 0.238. The van der Waals surface area contributed by atoms with Crippen molar-refractivity contribution in [1.29, 1.82) is 0 Å². The number of ether oxygens (including phenoxy) is 1. The number of benzene rings is 2. The van der Waals surface area contributed by atoms with Crippen molar-refractivity contribution in [3.8, 4) is 11.4 Å². The quantitative estimate of drug-likeness (QED) is 0.542. The van der Waals surface area contributed by atoms with Gasteiger partial charge in [0, 0.05) is 10.9 Å². The summed E-state index contributed by atoms with van der Waals surface area (Å²) >= 11 is 0. The highest BCUT2D eigenvalue weighted by molar-refractivity contribution is 5.90. The van der Waals surface area contributed by atoms with Crippen LogP contribution in [0.5, 0.6) is 0 Å². The number of nitrogens with zero attached hydrogens (tertiary/aromatic N) is 3. The maximum atomic E-state index is 12.4. The monoisotopic (exact) mass is 376 g/mol. The van der Waals surface area contributed by atoms with Crippen molar-refractivity contribution in [2.45, 2.75) is 33.3 Å². The molecule has 0 atom stereocenters. The zero-order valence-corrected chi connectivity index (χ0v) is 16.1. The van der Waals surface area contributed by atoms with Crippen LogP contribution in [0.15, 0.2) is 47.4 Å². The second-order valence-electron chi connectivity index (χ2n) is 7.70. The van der Waals surface area contributed by atoms with E-state index in [0.717, 1.165) is 16.5 Å². The zero-order chi connectivity index (χ0) is 20.1. The predicted molar refractivity (Wildman–Crippen MR) is 107 cm³/mol. The summed E-state index contributed by atoms with van der Waals surface area (Å²) in [5.41, 5.74) is 2.17. The van der Waals surface area contributed by atoms with Crippen LogP contribution < -0.4 is 5.56 Å². The van der Waals surface area contributed by atoms with Gasteiger partial charge >= 0.3 is 6.09 Å². The van der Waals surface area contributed by atoms with Crippen LogP contribution in [0.3, 0.4) is 0 Å². The Kier molecular flexibility index (Phi) is 4.03. The number of aryl methyl sites for hydroxylation is 1. The molecule has 0 aliphatic carbocycles. The highest BCUT2D eigenvalue weighted by Crippen LogP contribution is 2.24. The number of nitrogens with one attached hydrogen (secondary N) is 1. The second kappa shape index (κ2) is 6.30. The third-order valence-electron chi connectivity index (χ3n) is 4.35. The molecule has 0 aliphatic heterocycles. The molecule has 0 fully saturated rings. The minimum absolute atomic E-state index is 0.187. The van der Waals surface area contributed by atoms with E-state index in [1.807, 2.05) is 25.1 Å². The molecule has 1 N–H and O–H groups in total. The normalized spacial score (nSPS) is 11.9. The Morgan fingerprint density at radius 1 is 1.18 bits per heavy atom. The number of H-pyrrole nitrogens is 1. The number of hydrogen-bond donors (Lipinski definition) is 1. The lowest BCUT2D eigenvalue weighted by molar-refractivity contribution is 0.0522. The van der Waals surface area contributed by atoms with Crippen LogP contribution in [0.25, 0.3) is 33.2 Å². The van der Waals surface area contributed by atoms with Crippen molar-refractivity contribution in [3.05, 3.63) is 58.5 Å². The van der Waals surface area contributed by atoms with Crippen molar-refractivity contribution in [2.75, 3.05) is 0 Å². The molecule has 0 unspecified atom stereocenters. The molecule has 0 saturated carbocycles. The molecule has 7 nitrogen and oxygen atoms in total. The van der Waals surface area contributed by atoms with Crippen molar-refractivity contribution in [3.63, 3.8) is 0 Å². The third-order valence-corrected chi connectivity index (χ3v) is 4.35. The Labute approximate surface area is 161 Å². The van der Waals surface area contributed by atoms with Crippen molar-refractivity contribution >= 4 is 27.9 Å². The Hall–Kier alpha value is -3.48. The number of para-hydroxylation sites is 1. The number of rotatable bonds is 1. The molecule has 2 aromatic carbocycles. The van der Waals surface area contributed by atoms with E-state index in [-0.39, 0.29) is 5.56 Å². The molecule has 0 amide bonds. The zero-order valence-electron chi connectivity index (χ0n) is 16.1. The maximum Gasteiger partial charge on any atom is 0.435 e. The molecule has 0 bridgehead atoms. The van der Waals surface area contributed by atoms with Crippen LogP contribution in [-0.4, -0.2) is 31.4 Å². The summed E-state index contributed by atoms with van der Waals surface area (Å²) in [4.78, 5) is 32.2. The Balaban J connectivity index is 1.79. The number of aromatic amines is 1. The standard InChI is InChI=1S/C21H20N4O3/c1-12-6-5-7-15-17(12)23-18(24-19(15)26)13-8-9-16-14(10-13)11-22-25(16)20(27)28-21(2,3)4/h5-11H,1-4H3,(H,23,24,26). The first-order valence-corrected chi connectivity index (χ1v) is 8.94. The highest BCUT2D eigenvalue weighted by Gasteiger charge is 2.20. The molecule has 2 heterocycles. The molecule has 4 rings (SSSR count). The Morgan fingerprint density at radius 3 is 2.71 bits per heavy atom. The van der Waals surface area contributed by atoms with Gasteiger partial charge in [0.25, 0.3) is 5.56 Å². The number of carbonyl (C=O) groups excluding carboxylic acids is 1. The summed E-state index contributed by atoms with van der Waals surface area (Å²) in [6, 6.07) is 10.9. The molecular formula is C21H20N4O3. The van der Waals surface area contributed by atoms with Gasteiger partial charge in [-0.3, -0.25) is 4.79 Å². The maximum absolute atomic E-state index is 12.4. The van der Waals surface area contributed by atoms with Crippen molar-refractivity contribution in [2.24, 2.45) is 0 Å². The molecular weight excluding hydrogens is 356 g/mol. The summed E-state index contributed by atoms with van der Waals surface area (Å²) in [5, 5.41) is 5.45. The largest absolute Gasteiger partial charge is 0.442 e. The van der Waals surface area contributed by atoms with Crippen LogP contribution in [0, 0.1) is 6.92 Å². The SMILES string of the molecule is Cc1cccc2c(=O)[nH]c(-c3ccc4c(cnn4C(=O)OC(C)(C)C)c3)nc12. The van der Waals surface area contributed by atoms with Gasteiger partial charge in [0.05, 0.1) is 22.6 Å². The molecule has 0 radical (unpaired) electrons. The van der Waals surface area contributed by atoms with Gasteiger partial charge in [-0.1, -0.05) is 12.1 Å². The molecule has 0 spiro atoms. The van der Waals surface area contributed by atoms with E-state index in [1.165, 1.54) is 4.68 Å². The molecule has 2 aromatic heterocycles. The van der Waals surface area contributed by atoms with Gasteiger partial charge in [0.1, 0.15) is 11.4 Å². The van der Waals surface area contributed by atoms with Crippen LogP contribution in [0.1, 0.15) is 26.3 Å². The smallest absolute Gasteiger partial charge is 0.435 e. The lowest BCUT2D eigenvalue weighted by atomic mass is 10.1. The fourth-order valence-corrected chi connectivity index (χ4v) is 3.07. The second-order valence-corrected chi connectivity index (χ2v) is 7.70.